The highest BCUT2D eigenvalue weighted by molar-refractivity contribution is 7.40. The third-order valence-corrected chi connectivity index (χ3v) is 2.05. The fraction of sp³-hybridized carbons (Fsp3) is 1.00. The molecule has 0 amide bonds. The summed E-state index contributed by atoms with van der Waals surface area (Å²) >= 11 is 0. The highest BCUT2D eigenvalue weighted by Crippen LogP contribution is 2.30. The molecular formula is C7H19NO3P+. The molecule has 1 atom stereocenters. The summed E-state index contributed by atoms with van der Waals surface area (Å²) < 4.78 is 10.5. The normalized spacial score (nSPS) is 14.8. The van der Waals surface area contributed by atoms with Crippen LogP contribution >= 0.6 is 8.60 Å². The highest BCUT2D eigenvalue weighted by Gasteiger charge is 2.07. The number of nitrogens with zero attached hydrogens (tertiary/aromatic N) is 1. The van der Waals surface area contributed by atoms with Crippen molar-refractivity contribution in [2.24, 2.45) is 0 Å². The lowest BCUT2D eigenvalue weighted by Crippen LogP contribution is -2.35. The molecule has 0 saturated heterocycles. The van der Waals surface area contributed by atoms with E-state index in [1.807, 2.05) is 0 Å². The van der Waals surface area contributed by atoms with Gasteiger partial charge in [-0.05, 0) is 0 Å². The predicted octanol–water partition coefficient (Wildman–Crippen LogP) is 0.965. The van der Waals surface area contributed by atoms with E-state index in [4.69, 9.17) is 9.42 Å². The van der Waals surface area contributed by atoms with Crippen molar-refractivity contribution in [3.05, 3.63) is 0 Å². The maximum Gasteiger partial charge on any atom is 0.329 e. The summed E-state index contributed by atoms with van der Waals surface area (Å²) in [7, 11) is 6.17. The second-order valence-corrected chi connectivity index (χ2v) is 4.72. The fourth-order valence-electron chi connectivity index (χ4n) is 0.734. The van der Waals surface area contributed by atoms with Gasteiger partial charge in [0.25, 0.3) is 0 Å². The lowest BCUT2D eigenvalue weighted by atomic mass is 10.4. The van der Waals surface area contributed by atoms with E-state index < -0.39 is 8.60 Å². The van der Waals surface area contributed by atoms with Gasteiger partial charge in [-0.25, -0.2) is 0 Å². The first-order valence-corrected chi connectivity index (χ1v) is 5.05. The van der Waals surface area contributed by atoms with Crippen molar-refractivity contribution in [2.75, 3.05) is 41.4 Å². The topological polar surface area (TPSA) is 38.7 Å². The Kier molecular flexibility index (Phi) is 5.97. The van der Waals surface area contributed by atoms with Crippen LogP contribution in [0.25, 0.3) is 0 Å². The molecule has 0 rings (SSSR count). The minimum Gasteiger partial charge on any atom is -0.331 e. The third kappa shape index (κ3) is 8.37. The average molecular weight is 196 g/mol. The fourth-order valence-corrected chi connectivity index (χ4v) is 1.12. The lowest BCUT2D eigenvalue weighted by Gasteiger charge is -2.23. The molecule has 4 nitrogen and oxygen atoms in total. The molecule has 0 aliphatic carbocycles. The average Bonchev–Trinajstić information content (AvgIpc) is 1.96. The molecule has 0 spiro atoms. The zero-order valence-corrected chi connectivity index (χ0v) is 9.17. The summed E-state index contributed by atoms with van der Waals surface area (Å²) in [5.41, 5.74) is 0. The molecule has 74 valence electrons. The Labute approximate surface area is 75.7 Å². The molecule has 0 aliphatic heterocycles. The Morgan fingerprint density at radius 2 is 1.92 bits per heavy atom. The molecule has 12 heavy (non-hydrogen) atoms. The van der Waals surface area contributed by atoms with Crippen LogP contribution in [0, 0.1) is 0 Å². The Morgan fingerprint density at radius 1 is 1.33 bits per heavy atom. The Balaban J connectivity index is 3.22. The van der Waals surface area contributed by atoms with E-state index in [0.29, 0.717) is 6.61 Å². The van der Waals surface area contributed by atoms with Crippen molar-refractivity contribution in [1.29, 1.82) is 0 Å². The van der Waals surface area contributed by atoms with E-state index in [0.717, 1.165) is 17.4 Å². The van der Waals surface area contributed by atoms with Crippen LogP contribution in [0.15, 0.2) is 0 Å². The minimum absolute atomic E-state index is 0.561. The summed E-state index contributed by atoms with van der Waals surface area (Å²) in [5, 5.41) is 0. The van der Waals surface area contributed by atoms with Crippen molar-refractivity contribution in [1.82, 2.24) is 0 Å². The van der Waals surface area contributed by atoms with E-state index in [9.17, 15) is 0 Å². The van der Waals surface area contributed by atoms with Gasteiger partial charge in [0.2, 0.25) is 0 Å². The maximum absolute atomic E-state index is 8.90. The molecule has 1 unspecified atom stereocenters. The van der Waals surface area contributed by atoms with Crippen LogP contribution in [0.1, 0.15) is 6.42 Å². The van der Waals surface area contributed by atoms with Crippen molar-refractivity contribution < 1.29 is 18.4 Å². The van der Waals surface area contributed by atoms with Crippen LogP contribution in [0.2, 0.25) is 0 Å². The second-order valence-electron chi connectivity index (χ2n) is 3.62. The zero-order valence-electron chi connectivity index (χ0n) is 8.28. The standard InChI is InChI=1S/C7H19NO3P/c1-8(2,3)6-5-7-11-12(9)10-4/h9H,5-7H2,1-4H3/q+1. The van der Waals surface area contributed by atoms with Gasteiger partial charge in [-0.15, -0.1) is 0 Å². The van der Waals surface area contributed by atoms with Crippen LogP contribution in [0.5, 0.6) is 0 Å². The molecule has 0 aromatic rings. The van der Waals surface area contributed by atoms with Gasteiger partial charge in [0.15, 0.2) is 0 Å². The molecule has 5 heteroatoms. The maximum atomic E-state index is 8.90. The lowest BCUT2D eigenvalue weighted by molar-refractivity contribution is -0.870. The first-order valence-electron chi connectivity index (χ1n) is 3.92. The first kappa shape index (κ1) is 12.3. The summed E-state index contributed by atoms with van der Waals surface area (Å²) in [6, 6.07) is 0. The molecule has 0 aromatic heterocycles. The highest BCUT2D eigenvalue weighted by atomic mass is 31.2. The molecule has 0 bridgehead atoms. The third-order valence-electron chi connectivity index (χ3n) is 1.33. The summed E-state index contributed by atoms with van der Waals surface area (Å²) in [5.74, 6) is 0. The SMILES string of the molecule is COP(O)OCCC[N+](C)(C)C. The van der Waals surface area contributed by atoms with E-state index in [1.54, 1.807) is 0 Å². The molecule has 0 fully saturated rings. The second kappa shape index (κ2) is 5.84. The quantitative estimate of drug-likeness (QED) is 0.391. The van der Waals surface area contributed by atoms with Crippen LogP contribution in [0.3, 0.4) is 0 Å². The van der Waals surface area contributed by atoms with Crippen molar-refractivity contribution in [2.45, 2.75) is 6.42 Å². The van der Waals surface area contributed by atoms with Crippen LogP contribution in [-0.4, -0.2) is 50.8 Å². The summed E-state index contributed by atoms with van der Waals surface area (Å²) in [6.07, 6.45) is 0.937. The largest absolute Gasteiger partial charge is 0.331 e. The number of rotatable bonds is 6. The molecule has 1 N–H and O–H groups in total. The molecule has 0 aromatic carbocycles. The molecule has 0 heterocycles. The van der Waals surface area contributed by atoms with Crippen LogP contribution < -0.4 is 0 Å². The van der Waals surface area contributed by atoms with E-state index in [-0.39, 0.29) is 0 Å². The zero-order chi connectivity index (χ0) is 9.61. The van der Waals surface area contributed by atoms with E-state index >= 15 is 0 Å². The Bertz CT molecular complexity index is 116. The molecule has 0 saturated carbocycles. The Hall–Kier alpha value is 0.270. The van der Waals surface area contributed by atoms with Gasteiger partial charge in [0.1, 0.15) is 0 Å². The molecule has 0 aliphatic rings. The van der Waals surface area contributed by atoms with E-state index in [1.165, 1.54) is 7.11 Å². The minimum atomic E-state index is -1.63. The van der Waals surface area contributed by atoms with Crippen molar-refractivity contribution >= 4 is 8.60 Å². The van der Waals surface area contributed by atoms with Gasteiger partial charge < -0.3 is 18.4 Å². The first-order chi connectivity index (χ1) is 5.45. The number of hydrogen-bond donors (Lipinski definition) is 1. The van der Waals surface area contributed by atoms with Gasteiger partial charge in [-0.2, -0.15) is 0 Å². The number of quaternary nitrogens is 1. The summed E-state index contributed by atoms with van der Waals surface area (Å²) in [4.78, 5) is 8.90. The molecule has 0 radical (unpaired) electrons. The van der Waals surface area contributed by atoms with Crippen molar-refractivity contribution in [3.8, 4) is 0 Å². The van der Waals surface area contributed by atoms with Crippen LogP contribution in [-0.2, 0) is 9.05 Å². The van der Waals surface area contributed by atoms with Gasteiger partial charge in [-0.1, -0.05) is 0 Å². The van der Waals surface area contributed by atoms with Gasteiger partial charge in [-0.3, -0.25) is 0 Å². The van der Waals surface area contributed by atoms with Crippen LogP contribution in [0.4, 0.5) is 0 Å². The molecular weight excluding hydrogens is 177 g/mol. The van der Waals surface area contributed by atoms with Gasteiger partial charge >= 0.3 is 8.60 Å². The predicted molar refractivity (Wildman–Crippen MR) is 49.6 cm³/mol. The smallest absolute Gasteiger partial charge is 0.329 e. The Morgan fingerprint density at radius 3 is 2.33 bits per heavy atom. The summed E-state index contributed by atoms with van der Waals surface area (Å²) in [6.45, 7) is 1.60. The monoisotopic (exact) mass is 196 g/mol. The van der Waals surface area contributed by atoms with E-state index in [2.05, 4.69) is 25.7 Å². The van der Waals surface area contributed by atoms with Crippen molar-refractivity contribution in [3.63, 3.8) is 0 Å². The van der Waals surface area contributed by atoms with Gasteiger partial charge in [0, 0.05) is 13.5 Å². The number of hydrogen-bond acceptors (Lipinski definition) is 3. The van der Waals surface area contributed by atoms with Gasteiger partial charge in [0.05, 0.1) is 34.3 Å².